The van der Waals surface area contributed by atoms with Crippen molar-refractivity contribution in [3.63, 3.8) is 0 Å². The molecule has 0 radical (unpaired) electrons. The molecule has 0 aliphatic rings. The van der Waals surface area contributed by atoms with Crippen LogP contribution in [-0.4, -0.2) is 18.8 Å². The summed E-state index contributed by atoms with van der Waals surface area (Å²) in [5.74, 6) is 0. The van der Waals surface area contributed by atoms with E-state index in [1.54, 1.807) is 0 Å². The highest BCUT2D eigenvalue weighted by atomic mass is 15.0. The molecule has 4 aromatic heterocycles. The van der Waals surface area contributed by atoms with Crippen LogP contribution >= 0.6 is 0 Å². The van der Waals surface area contributed by atoms with E-state index in [4.69, 9.17) is 9.97 Å². The summed E-state index contributed by atoms with van der Waals surface area (Å²) in [5.41, 5.74) is 9.53. The second-order valence-electron chi connectivity index (χ2n) is 10.8. The maximum Gasteiger partial charge on any atom is 0.145 e. The molecule has 8 rings (SSSR count). The molecule has 194 valence electrons. The van der Waals surface area contributed by atoms with Gasteiger partial charge in [0.15, 0.2) is 0 Å². The van der Waals surface area contributed by atoms with E-state index < -0.39 is 0 Å². The Labute approximate surface area is 232 Å². The topological polar surface area (TPSA) is 34.6 Å². The lowest BCUT2D eigenvalue weighted by Crippen LogP contribution is -1.94. The van der Waals surface area contributed by atoms with E-state index in [0.717, 1.165) is 48.4 Å². The summed E-state index contributed by atoms with van der Waals surface area (Å²) in [6.07, 6.45) is 8.15. The molecule has 0 N–H and O–H groups in total. The third-order valence-corrected chi connectivity index (χ3v) is 8.55. The lowest BCUT2D eigenvalue weighted by atomic mass is 10.0. The smallest absolute Gasteiger partial charge is 0.145 e. The summed E-state index contributed by atoms with van der Waals surface area (Å²) in [7, 11) is 0. The zero-order valence-electron chi connectivity index (χ0n) is 22.9. The number of fused-ring (bicyclic) bond motifs is 12. The molecule has 4 nitrogen and oxygen atoms in total. The lowest BCUT2D eigenvalue weighted by Gasteiger charge is -2.11. The number of hydrogen-bond donors (Lipinski definition) is 0. The number of rotatable bonds is 5. The molecule has 4 aromatic carbocycles. The second-order valence-corrected chi connectivity index (χ2v) is 10.8. The molecule has 0 atom stereocenters. The molecule has 0 bridgehead atoms. The molecule has 4 heterocycles. The summed E-state index contributed by atoms with van der Waals surface area (Å²) in [4.78, 5) is 10.4. The van der Waals surface area contributed by atoms with Crippen LogP contribution in [0.4, 0.5) is 0 Å². The van der Waals surface area contributed by atoms with Crippen LogP contribution < -0.4 is 0 Å². The zero-order chi connectivity index (χ0) is 26.8. The SMILES string of the molecule is CCc1cccc2c3ccccc3c3nc(CCc4cn5c(n4)c4ccccc4c4cccc(CC)c45)cn3c12. The normalized spacial score (nSPS) is 12.2. The van der Waals surface area contributed by atoms with E-state index in [1.807, 2.05) is 0 Å². The summed E-state index contributed by atoms with van der Waals surface area (Å²) in [6.45, 7) is 4.46. The van der Waals surface area contributed by atoms with Crippen LogP contribution in [0.1, 0.15) is 36.4 Å². The minimum Gasteiger partial charge on any atom is -0.299 e. The fourth-order valence-corrected chi connectivity index (χ4v) is 6.66. The van der Waals surface area contributed by atoms with Crippen molar-refractivity contribution in [3.8, 4) is 0 Å². The van der Waals surface area contributed by atoms with Crippen molar-refractivity contribution in [1.29, 1.82) is 0 Å². The van der Waals surface area contributed by atoms with Gasteiger partial charge in [0.05, 0.1) is 22.4 Å². The van der Waals surface area contributed by atoms with Crippen molar-refractivity contribution in [2.24, 2.45) is 0 Å². The number of nitrogens with zero attached hydrogens (tertiary/aromatic N) is 4. The van der Waals surface area contributed by atoms with Gasteiger partial charge >= 0.3 is 0 Å². The largest absolute Gasteiger partial charge is 0.299 e. The first kappa shape index (κ1) is 23.2. The average molecular weight is 519 g/mol. The first-order chi connectivity index (χ1) is 19.7. The van der Waals surface area contributed by atoms with Crippen molar-refractivity contribution >= 4 is 54.6 Å². The fourth-order valence-electron chi connectivity index (χ4n) is 6.66. The summed E-state index contributed by atoms with van der Waals surface area (Å²) < 4.78 is 4.65. The minimum atomic E-state index is 0.839. The van der Waals surface area contributed by atoms with Crippen LogP contribution in [-0.2, 0) is 25.7 Å². The lowest BCUT2D eigenvalue weighted by molar-refractivity contribution is 0.901. The van der Waals surface area contributed by atoms with Gasteiger partial charge in [-0.25, -0.2) is 9.97 Å². The molecule has 40 heavy (non-hydrogen) atoms. The number of para-hydroxylation sites is 2. The Kier molecular flexibility index (Phi) is 5.18. The maximum absolute atomic E-state index is 5.19. The van der Waals surface area contributed by atoms with E-state index in [9.17, 15) is 0 Å². The quantitative estimate of drug-likeness (QED) is 0.214. The Morgan fingerprint density at radius 2 is 0.875 bits per heavy atom. The molecule has 0 saturated heterocycles. The molecule has 0 fully saturated rings. The van der Waals surface area contributed by atoms with Crippen LogP contribution in [0.15, 0.2) is 97.3 Å². The summed E-state index contributed by atoms with van der Waals surface area (Å²) in [6, 6.07) is 30.6. The third-order valence-electron chi connectivity index (χ3n) is 8.55. The van der Waals surface area contributed by atoms with Crippen LogP contribution in [0.2, 0.25) is 0 Å². The molecular formula is C36H30N4. The van der Waals surface area contributed by atoms with Crippen LogP contribution in [0.3, 0.4) is 0 Å². The predicted molar refractivity (Wildman–Crippen MR) is 167 cm³/mol. The molecule has 0 saturated carbocycles. The minimum absolute atomic E-state index is 0.839. The van der Waals surface area contributed by atoms with Gasteiger partial charge in [-0.15, -0.1) is 0 Å². The van der Waals surface area contributed by atoms with Crippen molar-refractivity contribution in [2.45, 2.75) is 39.5 Å². The van der Waals surface area contributed by atoms with E-state index in [2.05, 4.69) is 120 Å². The van der Waals surface area contributed by atoms with Crippen LogP contribution in [0.25, 0.3) is 54.6 Å². The highest BCUT2D eigenvalue weighted by molar-refractivity contribution is 6.13. The highest BCUT2D eigenvalue weighted by Crippen LogP contribution is 2.33. The van der Waals surface area contributed by atoms with Gasteiger partial charge in [0, 0.05) is 33.9 Å². The van der Waals surface area contributed by atoms with Crippen molar-refractivity contribution in [1.82, 2.24) is 18.8 Å². The van der Waals surface area contributed by atoms with Gasteiger partial charge in [0.2, 0.25) is 0 Å². The Balaban J connectivity index is 1.27. The van der Waals surface area contributed by atoms with Crippen LogP contribution in [0, 0.1) is 0 Å². The number of hydrogen-bond acceptors (Lipinski definition) is 2. The van der Waals surface area contributed by atoms with Gasteiger partial charge in [0.1, 0.15) is 11.3 Å². The Morgan fingerprint density at radius 3 is 1.30 bits per heavy atom. The summed E-state index contributed by atoms with van der Waals surface area (Å²) in [5, 5.41) is 7.51. The van der Waals surface area contributed by atoms with Gasteiger partial charge in [-0.3, -0.25) is 8.80 Å². The average Bonchev–Trinajstić information content (AvgIpc) is 3.64. The van der Waals surface area contributed by atoms with Crippen molar-refractivity contribution < 1.29 is 0 Å². The van der Waals surface area contributed by atoms with Crippen molar-refractivity contribution in [2.75, 3.05) is 0 Å². The monoisotopic (exact) mass is 518 g/mol. The maximum atomic E-state index is 5.19. The second kappa shape index (κ2) is 8.92. The number of pyridine rings is 2. The molecule has 4 heteroatoms. The summed E-state index contributed by atoms with van der Waals surface area (Å²) >= 11 is 0. The standard InChI is InChI=1S/C36H30N4/c1-3-23-11-9-17-29-27-13-5-7-15-31(27)35-37-25(21-39(35)33(23)29)19-20-26-22-40-34-24(4-2)12-10-18-30(34)28-14-6-8-16-32(28)36(40)38-26/h5-18,21-22H,3-4,19-20H2,1-2H3. The first-order valence-corrected chi connectivity index (χ1v) is 14.4. The number of benzene rings is 4. The molecule has 0 aliphatic carbocycles. The molecule has 0 unspecified atom stereocenters. The third kappa shape index (κ3) is 3.32. The molecular weight excluding hydrogens is 488 g/mol. The van der Waals surface area contributed by atoms with Gasteiger partial charge in [-0.05, 0) is 47.6 Å². The molecule has 0 aliphatic heterocycles. The van der Waals surface area contributed by atoms with Crippen molar-refractivity contribution in [3.05, 3.63) is 120 Å². The number of imidazole rings is 2. The van der Waals surface area contributed by atoms with E-state index in [1.165, 1.54) is 54.5 Å². The van der Waals surface area contributed by atoms with Gasteiger partial charge < -0.3 is 0 Å². The van der Waals surface area contributed by atoms with E-state index in [0.29, 0.717) is 0 Å². The predicted octanol–water partition coefficient (Wildman–Crippen LogP) is 8.50. The molecule has 0 spiro atoms. The fraction of sp³-hybridized carbons (Fsp3) is 0.167. The molecule has 8 aromatic rings. The Morgan fingerprint density at radius 1 is 0.475 bits per heavy atom. The van der Waals surface area contributed by atoms with Crippen LogP contribution in [0.5, 0.6) is 0 Å². The van der Waals surface area contributed by atoms with Gasteiger partial charge in [0.25, 0.3) is 0 Å². The Hall–Kier alpha value is -4.70. The first-order valence-electron chi connectivity index (χ1n) is 14.4. The Bertz CT molecular complexity index is 2090. The zero-order valence-corrected chi connectivity index (χ0v) is 22.9. The number of aromatic nitrogens is 4. The van der Waals surface area contributed by atoms with Gasteiger partial charge in [-0.1, -0.05) is 98.8 Å². The number of aryl methyl sites for hydroxylation is 4. The van der Waals surface area contributed by atoms with Gasteiger partial charge in [-0.2, -0.15) is 0 Å². The molecule has 0 amide bonds. The van der Waals surface area contributed by atoms with E-state index >= 15 is 0 Å². The highest BCUT2D eigenvalue weighted by Gasteiger charge is 2.16. The van der Waals surface area contributed by atoms with E-state index in [-0.39, 0.29) is 0 Å².